The Morgan fingerprint density at radius 2 is 2.06 bits per heavy atom. The lowest BCUT2D eigenvalue weighted by atomic mass is 10.3. The van der Waals surface area contributed by atoms with Gasteiger partial charge in [0.25, 0.3) is 0 Å². The molecule has 1 amide bonds. The van der Waals surface area contributed by atoms with Crippen molar-refractivity contribution in [2.24, 2.45) is 5.73 Å². The molecule has 94 valence electrons. The van der Waals surface area contributed by atoms with E-state index in [-0.39, 0.29) is 30.7 Å². The molecule has 1 rings (SSSR count). The summed E-state index contributed by atoms with van der Waals surface area (Å²) in [5, 5.41) is 3.78. The Bertz CT molecular complexity index is 341. The minimum atomic E-state index is -0.454. The smallest absolute Gasteiger partial charge is 0.236 e. The van der Waals surface area contributed by atoms with Crippen LogP contribution in [0.15, 0.2) is 0 Å². The van der Waals surface area contributed by atoms with Gasteiger partial charge in [0.05, 0.1) is 23.3 Å². The van der Waals surface area contributed by atoms with Crippen LogP contribution in [0, 0.1) is 13.8 Å². The molecule has 0 unspecified atom stereocenters. The lowest BCUT2D eigenvalue weighted by molar-refractivity contribution is -0.122. The minimum Gasteiger partial charge on any atom is -0.350 e. The van der Waals surface area contributed by atoms with Gasteiger partial charge in [-0.05, 0) is 20.8 Å². The summed E-state index contributed by atoms with van der Waals surface area (Å²) < 4.78 is 0. The Morgan fingerprint density at radius 3 is 2.44 bits per heavy atom. The molecule has 1 heterocycles. The van der Waals surface area contributed by atoms with Crippen molar-refractivity contribution in [3.05, 3.63) is 15.6 Å². The molecule has 0 spiro atoms. The number of hydrogen-bond donors (Lipinski definition) is 2. The summed E-state index contributed by atoms with van der Waals surface area (Å²) in [7, 11) is 0. The van der Waals surface area contributed by atoms with Gasteiger partial charge in [0, 0.05) is 4.88 Å². The lowest BCUT2D eigenvalue weighted by Crippen LogP contribution is -2.37. The highest BCUT2D eigenvalue weighted by Crippen LogP contribution is 2.16. The van der Waals surface area contributed by atoms with Crippen LogP contribution in [0.1, 0.15) is 22.5 Å². The number of hydrogen-bond acceptors (Lipinski definition) is 4. The van der Waals surface area contributed by atoms with Crippen molar-refractivity contribution in [2.45, 2.75) is 33.4 Å². The normalized spacial score (nSPS) is 11.0. The SMILES string of the molecule is Cc1nc(C)c(CNC(=O)[C@@H](C)N)s1.Cl.Cl. The fraction of sp³-hybridized carbons (Fsp3) is 0.556. The van der Waals surface area contributed by atoms with Crippen LogP contribution < -0.4 is 11.1 Å². The monoisotopic (exact) mass is 285 g/mol. The number of aromatic nitrogens is 1. The summed E-state index contributed by atoms with van der Waals surface area (Å²) in [5.74, 6) is -0.129. The second kappa shape index (κ2) is 7.84. The Kier molecular flexibility index (Phi) is 8.83. The van der Waals surface area contributed by atoms with Crippen molar-refractivity contribution in [3.8, 4) is 0 Å². The summed E-state index contributed by atoms with van der Waals surface area (Å²) in [5.41, 5.74) is 6.40. The van der Waals surface area contributed by atoms with Crippen LogP contribution in [0.5, 0.6) is 0 Å². The number of halogens is 2. The fourth-order valence-electron chi connectivity index (χ4n) is 1.07. The standard InChI is InChI=1S/C9H15N3OS.2ClH/c1-5(10)9(13)11-4-8-6(2)12-7(3)14-8;;/h5H,4,10H2,1-3H3,(H,11,13);2*1H/t5-;;/m1../s1. The van der Waals surface area contributed by atoms with Gasteiger partial charge in [-0.15, -0.1) is 36.2 Å². The first kappa shape index (κ1) is 18.0. The van der Waals surface area contributed by atoms with E-state index in [1.165, 1.54) is 0 Å². The molecule has 0 aliphatic carbocycles. The van der Waals surface area contributed by atoms with E-state index in [4.69, 9.17) is 5.73 Å². The molecule has 0 aromatic carbocycles. The van der Waals surface area contributed by atoms with Crippen LogP contribution in [0.4, 0.5) is 0 Å². The van der Waals surface area contributed by atoms with E-state index in [1.807, 2.05) is 13.8 Å². The number of nitrogens with one attached hydrogen (secondary N) is 1. The maximum atomic E-state index is 11.2. The highest BCUT2D eigenvalue weighted by molar-refractivity contribution is 7.11. The Balaban J connectivity index is 0. The highest BCUT2D eigenvalue weighted by atomic mass is 35.5. The molecule has 1 atom stereocenters. The molecule has 4 nitrogen and oxygen atoms in total. The molecule has 1 aromatic rings. The molecule has 16 heavy (non-hydrogen) atoms. The number of nitrogens with zero attached hydrogens (tertiary/aromatic N) is 1. The zero-order valence-electron chi connectivity index (χ0n) is 9.44. The van der Waals surface area contributed by atoms with Gasteiger partial charge in [-0.3, -0.25) is 4.79 Å². The largest absolute Gasteiger partial charge is 0.350 e. The highest BCUT2D eigenvalue weighted by Gasteiger charge is 2.09. The predicted octanol–water partition coefficient (Wildman–Crippen LogP) is 1.57. The van der Waals surface area contributed by atoms with E-state index in [2.05, 4.69) is 10.3 Å². The van der Waals surface area contributed by atoms with E-state index in [0.717, 1.165) is 15.6 Å². The quantitative estimate of drug-likeness (QED) is 0.886. The summed E-state index contributed by atoms with van der Waals surface area (Å²) in [4.78, 5) is 16.5. The molecule has 0 aliphatic rings. The topological polar surface area (TPSA) is 68.0 Å². The first-order valence-electron chi connectivity index (χ1n) is 4.47. The van der Waals surface area contributed by atoms with E-state index in [1.54, 1.807) is 18.3 Å². The van der Waals surface area contributed by atoms with Crippen molar-refractivity contribution in [3.63, 3.8) is 0 Å². The van der Waals surface area contributed by atoms with Crippen LogP contribution >= 0.6 is 36.2 Å². The molecule has 0 saturated carbocycles. The lowest BCUT2D eigenvalue weighted by Gasteiger charge is -2.06. The molecule has 0 bridgehead atoms. The minimum absolute atomic E-state index is 0. The summed E-state index contributed by atoms with van der Waals surface area (Å²) in [6.45, 7) is 6.09. The van der Waals surface area contributed by atoms with E-state index in [9.17, 15) is 4.79 Å². The Morgan fingerprint density at radius 1 is 1.50 bits per heavy atom. The molecule has 1 aromatic heterocycles. The molecular weight excluding hydrogens is 269 g/mol. The predicted molar refractivity (Wildman–Crippen MR) is 71.6 cm³/mol. The van der Waals surface area contributed by atoms with Crippen molar-refractivity contribution in [2.75, 3.05) is 0 Å². The maximum Gasteiger partial charge on any atom is 0.236 e. The average Bonchev–Trinajstić information content (AvgIpc) is 2.40. The van der Waals surface area contributed by atoms with Crippen molar-refractivity contribution >= 4 is 42.1 Å². The van der Waals surface area contributed by atoms with Gasteiger partial charge in [-0.1, -0.05) is 0 Å². The number of nitrogens with two attached hydrogens (primary N) is 1. The van der Waals surface area contributed by atoms with Crippen LogP contribution in [0.25, 0.3) is 0 Å². The summed E-state index contributed by atoms with van der Waals surface area (Å²) in [6, 6.07) is -0.454. The van der Waals surface area contributed by atoms with Gasteiger partial charge in [0.1, 0.15) is 0 Å². The van der Waals surface area contributed by atoms with E-state index >= 15 is 0 Å². The fourth-order valence-corrected chi connectivity index (χ4v) is 1.94. The maximum absolute atomic E-state index is 11.2. The summed E-state index contributed by atoms with van der Waals surface area (Å²) in [6.07, 6.45) is 0. The number of aryl methyl sites for hydroxylation is 2. The zero-order valence-corrected chi connectivity index (χ0v) is 11.9. The number of thiazole rings is 1. The summed E-state index contributed by atoms with van der Waals surface area (Å²) >= 11 is 1.60. The third kappa shape index (κ3) is 5.12. The van der Waals surface area contributed by atoms with Crippen LogP contribution in [0.3, 0.4) is 0 Å². The first-order valence-corrected chi connectivity index (χ1v) is 5.28. The van der Waals surface area contributed by atoms with Gasteiger partial charge < -0.3 is 11.1 Å². The average molecular weight is 286 g/mol. The number of carbonyl (C=O) groups excluding carboxylic acids is 1. The van der Waals surface area contributed by atoms with Gasteiger partial charge in [-0.25, -0.2) is 4.98 Å². The molecule has 0 radical (unpaired) electrons. The van der Waals surface area contributed by atoms with Gasteiger partial charge in [0.2, 0.25) is 5.91 Å². The van der Waals surface area contributed by atoms with Gasteiger partial charge >= 0.3 is 0 Å². The Hall–Kier alpha value is -0.360. The van der Waals surface area contributed by atoms with Crippen molar-refractivity contribution in [1.82, 2.24) is 10.3 Å². The second-order valence-corrected chi connectivity index (χ2v) is 4.54. The third-order valence-corrected chi connectivity index (χ3v) is 2.91. The number of carbonyl (C=O) groups is 1. The number of amides is 1. The zero-order chi connectivity index (χ0) is 10.7. The van der Waals surface area contributed by atoms with Gasteiger partial charge in [0.15, 0.2) is 0 Å². The molecule has 3 N–H and O–H groups in total. The third-order valence-electron chi connectivity index (χ3n) is 1.84. The van der Waals surface area contributed by atoms with Crippen LogP contribution in [0.2, 0.25) is 0 Å². The molecule has 0 aliphatic heterocycles. The first-order chi connectivity index (χ1) is 6.50. The second-order valence-electron chi connectivity index (χ2n) is 3.25. The van der Waals surface area contributed by atoms with Gasteiger partial charge in [-0.2, -0.15) is 0 Å². The Labute approximate surface area is 112 Å². The van der Waals surface area contributed by atoms with Crippen LogP contribution in [-0.4, -0.2) is 16.9 Å². The van der Waals surface area contributed by atoms with Crippen LogP contribution in [-0.2, 0) is 11.3 Å². The molecule has 7 heteroatoms. The molecule has 0 fully saturated rings. The van der Waals surface area contributed by atoms with E-state index in [0.29, 0.717) is 6.54 Å². The molecule has 0 saturated heterocycles. The molecular formula is C9H17Cl2N3OS. The van der Waals surface area contributed by atoms with Crippen molar-refractivity contribution in [1.29, 1.82) is 0 Å². The number of rotatable bonds is 3. The van der Waals surface area contributed by atoms with E-state index < -0.39 is 6.04 Å². The van der Waals surface area contributed by atoms with Crippen molar-refractivity contribution < 1.29 is 4.79 Å².